The Balaban J connectivity index is 1.51. The zero-order valence-electron chi connectivity index (χ0n) is 17.2. The number of hydrogen-bond acceptors (Lipinski definition) is 7. The van der Waals surface area contributed by atoms with Crippen LogP contribution in [-0.2, 0) is 16.0 Å². The third-order valence-electron chi connectivity index (χ3n) is 4.15. The van der Waals surface area contributed by atoms with E-state index in [0.29, 0.717) is 35.6 Å². The van der Waals surface area contributed by atoms with Gasteiger partial charge >= 0.3 is 0 Å². The maximum Gasteiger partial charge on any atom is 0.257 e. The predicted octanol–water partition coefficient (Wildman–Crippen LogP) is 2.38. The van der Waals surface area contributed by atoms with Gasteiger partial charge in [0.05, 0.1) is 18.6 Å². The van der Waals surface area contributed by atoms with Crippen molar-refractivity contribution < 1.29 is 19.1 Å². The Hall–Kier alpha value is -3.33. The van der Waals surface area contributed by atoms with Crippen LogP contribution in [0.2, 0.25) is 0 Å². The summed E-state index contributed by atoms with van der Waals surface area (Å²) in [4.78, 5) is 23.2. The SMILES string of the molecule is CCOc1cc(C=NN=C2NC(=O)CS2)ccc1OCC(=O)NCCc1ccccc1. The molecule has 9 heteroatoms. The van der Waals surface area contributed by atoms with Crippen LogP contribution < -0.4 is 20.1 Å². The first-order valence-corrected chi connectivity index (χ1v) is 10.9. The molecule has 8 nitrogen and oxygen atoms in total. The number of ether oxygens (including phenoxy) is 2. The molecule has 2 N–H and O–H groups in total. The topological polar surface area (TPSA) is 101 Å². The summed E-state index contributed by atoms with van der Waals surface area (Å²) in [7, 11) is 0. The van der Waals surface area contributed by atoms with E-state index in [0.717, 1.165) is 12.0 Å². The van der Waals surface area contributed by atoms with Crippen molar-refractivity contribution in [3.63, 3.8) is 0 Å². The highest BCUT2D eigenvalue weighted by Gasteiger charge is 2.16. The van der Waals surface area contributed by atoms with Crippen molar-refractivity contribution in [2.24, 2.45) is 10.2 Å². The molecule has 2 aromatic carbocycles. The van der Waals surface area contributed by atoms with Gasteiger partial charge in [-0.25, -0.2) is 0 Å². The fraction of sp³-hybridized carbons (Fsp3) is 0.273. The minimum Gasteiger partial charge on any atom is -0.490 e. The van der Waals surface area contributed by atoms with Crippen LogP contribution in [0.4, 0.5) is 0 Å². The van der Waals surface area contributed by atoms with Crippen LogP contribution in [-0.4, -0.2) is 48.7 Å². The first-order valence-electron chi connectivity index (χ1n) is 9.88. The molecule has 1 fully saturated rings. The van der Waals surface area contributed by atoms with E-state index < -0.39 is 0 Å². The zero-order chi connectivity index (χ0) is 21.9. The Morgan fingerprint density at radius 3 is 2.77 bits per heavy atom. The highest BCUT2D eigenvalue weighted by molar-refractivity contribution is 8.15. The lowest BCUT2D eigenvalue weighted by Gasteiger charge is -2.12. The van der Waals surface area contributed by atoms with Gasteiger partial charge in [0.15, 0.2) is 23.3 Å². The quantitative estimate of drug-likeness (QED) is 0.436. The molecule has 1 heterocycles. The van der Waals surface area contributed by atoms with Crippen molar-refractivity contribution in [1.82, 2.24) is 10.6 Å². The summed E-state index contributed by atoms with van der Waals surface area (Å²) < 4.78 is 11.3. The summed E-state index contributed by atoms with van der Waals surface area (Å²) in [5.74, 6) is 1.07. The molecule has 31 heavy (non-hydrogen) atoms. The summed E-state index contributed by atoms with van der Waals surface area (Å²) in [6, 6.07) is 15.2. The monoisotopic (exact) mass is 440 g/mol. The number of benzene rings is 2. The van der Waals surface area contributed by atoms with E-state index >= 15 is 0 Å². The Bertz CT molecular complexity index is 963. The summed E-state index contributed by atoms with van der Waals surface area (Å²) >= 11 is 1.31. The zero-order valence-corrected chi connectivity index (χ0v) is 18.0. The van der Waals surface area contributed by atoms with Gasteiger partial charge in [0.1, 0.15) is 0 Å². The first kappa shape index (κ1) is 22.4. The molecular formula is C22H24N4O4S. The highest BCUT2D eigenvalue weighted by atomic mass is 32.2. The summed E-state index contributed by atoms with van der Waals surface area (Å²) in [5.41, 5.74) is 1.92. The van der Waals surface area contributed by atoms with Crippen molar-refractivity contribution in [3.05, 3.63) is 59.7 Å². The Labute approximate surface area is 185 Å². The van der Waals surface area contributed by atoms with Crippen molar-refractivity contribution in [1.29, 1.82) is 0 Å². The molecular weight excluding hydrogens is 416 g/mol. The second-order valence-electron chi connectivity index (χ2n) is 6.50. The number of carbonyl (C=O) groups is 2. The lowest BCUT2D eigenvalue weighted by atomic mass is 10.1. The first-order chi connectivity index (χ1) is 15.1. The lowest BCUT2D eigenvalue weighted by Crippen LogP contribution is -2.30. The number of thioether (sulfide) groups is 1. The van der Waals surface area contributed by atoms with E-state index in [-0.39, 0.29) is 18.4 Å². The van der Waals surface area contributed by atoms with Gasteiger partial charge in [0, 0.05) is 6.54 Å². The second-order valence-corrected chi connectivity index (χ2v) is 7.46. The van der Waals surface area contributed by atoms with Crippen molar-refractivity contribution in [3.8, 4) is 11.5 Å². The van der Waals surface area contributed by atoms with Gasteiger partial charge in [-0.15, -0.1) is 5.10 Å². The van der Waals surface area contributed by atoms with E-state index in [9.17, 15) is 9.59 Å². The summed E-state index contributed by atoms with van der Waals surface area (Å²) in [6.45, 7) is 2.76. The lowest BCUT2D eigenvalue weighted by molar-refractivity contribution is -0.123. The molecule has 162 valence electrons. The fourth-order valence-electron chi connectivity index (χ4n) is 2.70. The average Bonchev–Trinajstić information content (AvgIpc) is 3.19. The standard InChI is InChI=1S/C22H24N4O4S/c1-2-29-19-12-17(13-24-26-22-25-21(28)15-31-22)8-9-18(19)30-14-20(27)23-11-10-16-6-4-3-5-7-16/h3-9,12-13H,2,10-11,14-15H2,1H3,(H,23,27)(H,25,26,28). The Morgan fingerprint density at radius 2 is 2.03 bits per heavy atom. The number of nitrogens with zero attached hydrogens (tertiary/aromatic N) is 2. The maximum absolute atomic E-state index is 12.1. The van der Waals surface area contributed by atoms with Crippen LogP contribution in [0.1, 0.15) is 18.1 Å². The molecule has 1 saturated heterocycles. The molecule has 1 aliphatic heterocycles. The van der Waals surface area contributed by atoms with Crippen LogP contribution in [0, 0.1) is 0 Å². The van der Waals surface area contributed by atoms with Gasteiger partial charge < -0.3 is 20.1 Å². The number of hydrogen-bond donors (Lipinski definition) is 2. The molecule has 0 aromatic heterocycles. The smallest absolute Gasteiger partial charge is 0.257 e. The molecule has 2 amide bonds. The molecule has 3 rings (SSSR count). The third-order valence-corrected chi connectivity index (χ3v) is 5.01. The number of rotatable bonds is 10. The minimum absolute atomic E-state index is 0.0804. The van der Waals surface area contributed by atoms with Crippen LogP contribution in [0.3, 0.4) is 0 Å². The fourth-order valence-corrected chi connectivity index (χ4v) is 3.34. The molecule has 1 aliphatic rings. The van der Waals surface area contributed by atoms with Crippen molar-refractivity contribution in [2.75, 3.05) is 25.5 Å². The highest BCUT2D eigenvalue weighted by Crippen LogP contribution is 2.28. The normalized spacial score (nSPS) is 14.6. The van der Waals surface area contributed by atoms with Crippen LogP contribution in [0.15, 0.2) is 58.7 Å². The van der Waals surface area contributed by atoms with Crippen molar-refractivity contribution >= 4 is 35.0 Å². The summed E-state index contributed by atoms with van der Waals surface area (Å²) in [6.07, 6.45) is 2.32. The predicted molar refractivity (Wildman–Crippen MR) is 122 cm³/mol. The number of nitrogens with one attached hydrogen (secondary N) is 2. The van der Waals surface area contributed by atoms with Gasteiger partial charge in [-0.05, 0) is 42.7 Å². The van der Waals surface area contributed by atoms with Gasteiger partial charge in [-0.2, -0.15) is 5.10 Å². The minimum atomic E-state index is -0.198. The molecule has 0 atom stereocenters. The van der Waals surface area contributed by atoms with Crippen LogP contribution >= 0.6 is 11.8 Å². The molecule has 0 bridgehead atoms. The number of amides is 2. The number of carbonyl (C=O) groups excluding carboxylic acids is 2. The maximum atomic E-state index is 12.1. The van der Waals surface area contributed by atoms with Gasteiger partial charge in [-0.3, -0.25) is 9.59 Å². The van der Waals surface area contributed by atoms with Crippen LogP contribution in [0.25, 0.3) is 0 Å². The van der Waals surface area contributed by atoms with Gasteiger partial charge in [0.2, 0.25) is 5.91 Å². The third kappa shape index (κ3) is 7.45. The molecule has 0 spiro atoms. The molecule has 0 radical (unpaired) electrons. The van der Waals surface area contributed by atoms with Gasteiger partial charge in [0.25, 0.3) is 5.91 Å². The number of amidine groups is 1. The van der Waals surface area contributed by atoms with E-state index in [4.69, 9.17) is 9.47 Å². The largest absolute Gasteiger partial charge is 0.490 e. The Morgan fingerprint density at radius 1 is 1.19 bits per heavy atom. The molecule has 0 aliphatic carbocycles. The second kappa shape index (κ2) is 11.8. The molecule has 0 saturated carbocycles. The van der Waals surface area contributed by atoms with E-state index in [1.165, 1.54) is 17.3 Å². The molecule has 2 aromatic rings. The van der Waals surface area contributed by atoms with E-state index in [1.54, 1.807) is 24.4 Å². The van der Waals surface area contributed by atoms with Crippen LogP contribution in [0.5, 0.6) is 11.5 Å². The Kier molecular flexibility index (Phi) is 8.48. The van der Waals surface area contributed by atoms with E-state index in [2.05, 4.69) is 20.8 Å². The average molecular weight is 441 g/mol. The molecule has 0 unspecified atom stereocenters. The van der Waals surface area contributed by atoms with Crippen molar-refractivity contribution in [2.45, 2.75) is 13.3 Å². The van der Waals surface area contributed by atoms with E-state index in [1.807, 2.05) is 37.3 Å². The summed E-state index contributed by atoms with van der Waals surface area (Å²) in [5, 5.41) is 13.9. The van der Waals surface area contributed by atoms with Gasteiger partial charge in [-0.1, -0.05) is 42.1 Å².